The average Bonchev–Trinajstić information content (AvgIpc) is 2.00. The molecule has 0 N–H and O–H groups in total. The highest BCUT2D eigenvalue weighted by Gasteiger charge is 2.20. The molecule has 0 aliphatic carbocycles. The quantitative estimate of drug-likeness (QED) is 0.612. The van der Waals surface area contributed by atoms with E-state index in [9.17, 15) is 0 Å². The van der Waals surface area contributed by atoms with E-state index in [1.54, 1.807) is 11.8 Å². The summed E-state index contributed by atoms with van der Waals surface area (Å²) in [5, 5.41) is 1.41. The lowest BCUT2D eigenvalue weighted by atomic mass is 10.4. The van der Waals surface area contributed by atoms with E-state index >= 15 is 0 Å². The van der Waals surface area contributed by atoms with Crippen LogP contribution in [-0.4, -0.2) is 28.4 Å². The Morgan fingerprint density at radius 2 is 2.08 bits per heavy atom. The number of rotatable bonds is 2. The van der Waals surface area contributed by atoms with Gasteiger partial charge < -0.3 is 4.74 Å². The van der Waals surface area contributed by atoms with Gasteiger partial charge in [0.05, 0.1) is 18.5 Å². The van der Waals surface area contributed by atoms with Crippen molar-refractivity contribution in [1.29, 1.82) is 0 Å². The Morgan fingerprint density at radius 1 is 1.42 bits per heavy atom. The molecule has 1 aromatic rings. The minimum Gasteiger partial charge on any atom is -0.379 e. The van der Waals surface area contributed by atoms with Gasteiger partial charge in [0, 0.05) is 16.0 Å². The Balaban J connectivity index is 1.98. The summed E-state index contributed by atoms with van der Waals surface area (Å²) in [5.41, 5.74) is 0. The highest BCUT2D eigenvalue weighted by Crippen LogP contribution is 2.24. The number of hydrogen-bond donors (Lipinski definition) is 0. The molecule has 1 fully saturated rings. The van der Waals surface area contributed by atoms with Crippen LogP contribution < -0.4 is 0 Å². The zero-order valence-corrected chi connectivity index (χ0v) is 9.21. The summed E-state index contributed by atoms with van der Waals surface area (Å²) in [6.45, 7) is 1.67. The molecule has 2 heterocycles. The highest BCUT2D eigenvalue weighted by molar-refractivity contribution is 14.1. The van der Waals surface area contributed by atoms with Crippen LogP contribution >= 0.6 is 34.4 Å². The van der Waals surface area contributed by atoms with Gasteiger partial charge in [0.1, 0.15) is 0 Å². The summed E-state index contributed by atoms with van der Waals surface area (Å²) < 4.78 is 6.12. The maximum Gasteiger partial charge on any atom is 0.187 e. The lowest BCUT2D eigenvalue weighted by Crippen LogP contribution is -2.30. The molecule has 0 amide bonds. The molecule has 0 unspecified atom stereocenters. The predicted molar refractivity (Wildman–Crippen MR) is 55.2 cm³/mol. The topological polar surface area (TPSA) is 35.0 Å². The molecule has 1 aromatic heterocycles. The molecule has 3 nitrogen and oxygen atoms in total. The molecule has 0 spiro atoms. The van der Waals surface area contributed by atoms with Gasteiger partial charge in [0.25, 0.3) is 0 Å². The molecule has 12 heavy (non-hydrogen) atoms. The summed E-state index contributed by atoms with van der Waals surface area (Å²) in [5.74, 6) is 0. The molecule has 1 saturated heterocycles. The molecular formula is C7H7IN2OS. The van der Waals surface area contributed by atoms with Gasteiger partial charge in [-0.25, -0.2) is 9.97 Å². The average molecular weight is 294 g/mol. The third-order valence-corrected chi connectivity index (χ3v) is 3.06. The van der Waals surface area contributed by atoms with Crippen LogP contribution in [0.25, 0.3) is 0 Å². The lowest BCUT2D eigenvalue weighted by molar-refractivity contribution is 0.0454. The van der Waals surface area contributed by atoms with Gasteiger partial charge in [-0.15, -0.1) is 0 Å². The number of thioether (sulfide) groups is 1. The Hall–Kier alpha value is 0.120. The Bertz CT molecular complexity index is 263. The first-order valence-electron chi connectivity index (χ1n) is 3.56. The van der Waals surface area contributed by atoms with Crippen LogP contribution in [-0.2, 0) is 4.74 Å². The van der Waals surface area contributed by atoms with Gasteiger partial charge in [-0.05, 0) is 22.6 Å². The molecular weight excluding hydrogens is 287 g/mol. The Kier molecular flexibility index (Phi) is 2.82. The minimum absolute atomic E-state index is 0.560. The molecule has 0 radical (unpaired) electrons. The third-order valence-electron chi connectivity index (χ3n) is 1.48. The van der Waals surface area contributed by atoms with Gasteiger partial charge in [0.15, 0.2) is 5.16 Å². The van der Waals surface area contributed by atoms with E-state index in [-0.39, 0.29) is 0 Å². The van der Waals surface area contributed by atoms with Crippen LogP contribution in [0.3, 0.4) is 0 Å². The number of aromatic nitrogens is 2. The molecule has 64 valence electrons. The Morgan fingerprint density at radius 3 is 2.58 bits per heavy atom. The molecule has 0 aromatic carbocycles. The maximum absolute atomic E-state index is 5.05. The summed E-state index contributed by atoms with van der Waals surface area (Å²) in [6, 6.07) is 0. The van der Waals surface area contributed by atoms with Gasteiger partial charge in [-0.1, -0.05) is 11.8 Å². The normalized spacial score (nSPS) is 17.4. The molecule has 0 bridgehead atoms. The summed E-state index contributed by atoms with van der Waals surface area (Å²) >= 11 is 3.88. The van der Waals surface area contributed by atoms with E-state index in [0.717, 1.165) is 21.9 Å². The van der Waals surface area contributed by atoms with E-state index in [2.05, 4.69) is 32.6 Å². The second-order valence-corrected chi connectivity index (χ2v) is 4.97. The molecule has 1 aliphatic rings. The van der Waals surface area contributed by atoms with Crippen LogP contribution in [0.5, 0.6) is 0 Å². The van der Waals surface area contributed by atoms with E-state index in [4.69, 9.17) is 4.74 Å². The second kappa shape index (κ2) is 3.89. The zero-order valence-electron chi connectivity index (χ0n) is 6.24. The van der Waals surface area contributed by atoms with Crippen molar-refractivity contribution < 1.29 is 4.74 Å². The van der Waals surface area contributed by atoms with Crippen LogP contribution in [0.15, 0.2) is 17.6 Å². The van der Waals surface area contributed by atoms with Crippen LogP contribution in [0.4, 0.5) is 0 Å². The smallest absolute Gasteiger partial charge is 0.187 e. The monoisotopic (exact) mass is 294 g/mol. The zero-order chi connectivity index (χ0) is 8.39. The fourth-order valence-corrected chi connectivity index (χ4v) is 1.92. The van der Waals surface area contributed by atoms with Crippen LogP contribution in [0, 0.1) is 3.57 Å². The first kappa shape index (κ1) is 8.71. The van der Waals surface area contributed by atoms with Crippen molar-refractivity contribution in [2.45, 2.75) is 10.4 Å². The summed E-state index contributed by atoms with van der Waals surface area (Å²) in [6.07, 6.45) is 3.66. The minimum atomic E-state index is 0.560. The molecule has 2 rings (SSSR count). The molecule has 5 heteroatoms. The van der Waals surface area contributed by atoms with E-state index in [1.165, 1.54) is 0 Å². The second-order valence-electron chi connectivity index (χ2n) is 2.46. The predicted octanol–water partition coefficient (Wildman–Crippen LogP) is 1.57. The first-order valence-corrected chi connectivity index (χ1v) is 5.52. The van der Waals surface area contributed by atoms with Gasteiger partial charge in [0.2, 0.25) is 0 Å². The van der Waals surface area contributed by atoms with Crippen LogP contribution in [0.1, 0.15) is 0 Å². The largest absolute Gasteiger partial charge is 0.379 e. The van der Waals surface area contributed by atoms with Crippen molar-refractivity contribution in [3.8, 4) is 0 Å². The third kappa shape index (κ3) is 2.08. The molecule has 0 atom stereocenters. The SMILES string of the molecule is Ic1cnc(SC2COC2)nc1. The first-order chi connectivity index (χ1) is 5.84. The van der Waals surface area contributed by atoms with Crippen molar-refractivity contribution in [1.82, 2.24) is 9.97 Å². The Labute approximate surface area is 88.5 Å². The standard InChI is InChI=1S/C7H7IN2OS/c8-5-1-9-7(10-2-5)12-6-3-11-4-6/h1-2,6H,3-4H2. The van der Waals surface area contributed by atoms with E-state index in [1.807, 2.05) is 12.4 Å². The molecule has 0 saturated carbocycles. The number of ether oxygens (including phenoxy) is 1. The molecule has 1 aliphatic heterocycles. The fourth-order valence-electron chi connectivity index (χ4n) is 0.792. The fraction of sp³-hybridized carbons (Fsp3) is 0.429. The lowest BCUT2D eigenvalue weighted by Gasteiger charge is -2.23. The van der Waals surface area contributed by atoms with Crippen molar-refractivity contribution in [3.05, 3.63) is 16.0 Å². The van der Waals surface area contributed by atoms with Gasteiger partial charge in [-0.2, -0.15) is 0 Å². The van der Waals surface area contributed by atoms with Crippen molar-refractivity contribution >= 4 is 34.4 Å². The van der Waals surface area contributed by atoms with Crippen molar-refractivity contribution in [3.63, 3.8) is 0 Å². The maximum atomic E-state index is 5.05. The van der Waals surface area contributed by atoms with Gasteiger partial charge in [-0.3, -0.25) is 0 Å². The van der Waals surface area contributed by atoms with Crippen molar-refractivity contribution in [2.24, 2.45) is 0 Å². The van der Waals surface area contributed by atoms with Gasteiger partial charge >= 0.3 is 0 Å². The number of hydrogen-bond acceptors (Lipinski definition) is 4. The highest BCUT2D eigenvalue weighted by atomic mass is 127. The number of nitrogens with zero attached hydrogens (tertiary/aromatic N) is 2. The van der Waals surface area contributed by atoms with Crippen LogP contribution in [0.2, 0.25) is 0 Å². The van der Waals surface area contributed by atoms with Crippen molar-refractivity contribution in [2.75, 3.05) is 13.2 Å². The summed E-state index contributed by atoms with van der Waals surface area (Å²) in [4.78, 5) is 8.38. The van der Waals surface area contributed by atoms with E-state index < -0.39 is 0 Å². The van der Waals surface area contributed by atoms with E-state index in [0.29, 0.717) is 5.25 Å². The summed E-state index contributed by atoms with van der Waals surface area (Å²) in [7, 11) is 0. The number of halogens is 1.